The molecule has 3 aliphatic carbocycles. The predicted molar refractivity (Wildman–Crippen MR) is 117 cm³/mol. The first kappa shape index (κ1) is 25.9. The number of hydrogen-bond donors (Lipinski definition) is 3. The van der Waals surface area contributed by atoms with E-state index in [1.54, 1.807) is 0 Å². The fraction of sp³-hybridized carbons (Fsp3) is 0.583. The quantitative estimate of drug-likeness (QED) is 0.383. The van der Waals surface area contributed by atoms with Gasteiger partial charge in [0.05, 0.1) is 6.04 Å². The van der Waals surface area contributed by atoms with Gasteiger partial charge >= 0.3 is 11.8 Å². The summed E-state index contributed by atoms with van der Waals surface area (Å²) in [6.45, 7) is 0. The van der Waals surface area contributed by atoms with Crippen LogP contribution in [0.15, 0.2) is 18.2 Å². The van der Waals surface area contributed by atoms with E-state index in [0.29, 0.717) is 36.6 Å². The number of imide groups is 1. The van der Waals surface area contributed by atoms with Crippen LogP contribution >= 0.6 is 0 Å². The summed E-state index contributed by atoms with van der Waals surface area (Å²) in [5.41, 5.74) is -2.15. The van der Waals surface area contributed by atoms with Crippen molar-refractivity contribution < 1.29 is 41.8 Å². The number of benzene rings is 1. The van der Waals surface area contributed by atoms with Crippen LogP contribution in [0.5, 0.6) is 5.75 Å². The van der Waals surface area contributed by atoms with Crippen LogP contribution in [0, 0.1) is 5.82 Å². The summed E-state index contributed by atoms with van der Waals surface area (Å²) >= 11 is 0. The molecule has 4 amide bonds. The second-order valence-electron chi connectivity index (χ2n) is 9.93. The zero-order valence-corrected chi connectivity index (χ0v) is 19.4. The molecule has 4 rings (SSSR count). The largest absolute Gasteiger partial charge is 0.505 e. The molecule has 0 aliphatic heterocycles. The molecule has 0 spiro atoms. The number of carbonyl (C=O) groups is 4. The smallest absolute Gasteiger partial charge is 0.318 e. The number of halogens is 4. The van der Waals surface area contributed by atoms with Crippen molar-refractivity contribution in [2.45, 2.75) is 87.5 Å². The molecular weight excluding hydrogens is 486 g/mol. The summed E-state index contributed by atoms with van der Waals surface area (Å²) in [5.74, 6) is -9.61. The first-order valence-electron chi connectivity index (χ1n) is 11.9. The van der Waals surface area contributed by atoms with Crippen molar-refractivity contribution >= 4 is 23.6 Å². The van der Waals surface area contributed by atoms with Crippen LogP contribution in [0.1, 0.15) is 68.1 Å². The van der Waals surface area contributed by atoms with Crippen LogP contribution in [0.25, 0.3) is 0 Å². The third-order valence-corrected chi connectivity index (χ3v) is 6.88. The van der Waals surface area contributed by atoms with E-state index in [1.165, 1.54) is 0 Å². The molecule has 1 atom stereocenters. The molecule has 0 radical (unpaired) electrons. The fourth-order valence-electron chi connectivity index (χ4n) is 4.68. The third kappa shape index (κ3) is 5.79. The summed E-state index contributed by atoms with van der Waals surface area (Å²) in [6.07, 6.45) is 0.288. The van der Waals surface area contributed by atoms with Crippen LogP contribution in [0.3, 0.4) is 0 Å². The van der Waals surface area contributed by atoms with Crippen molar-refractivity contribution in [3.05, 3.63) is 29.6 Å². The summed E-state index contributed by atoms with van der Waals surface area (Å²) < 4.78 is 56.5. The molecule has 0 aromatic heterocycles. The predicted octanol–water partition coefficient (Wildman–Crippen LogP) is 2.73. The number of amides is 4. The highest BCUT2D eigenvalue weighted by Gasteiger charge is 2.53. The van der Waals surface area contributed by atoms with Crippen molar-refractivity contribution in [2.24, 2.45) is 0 Å². The minimum absolute atomic E-state index is 0.0953. The number of carbonyl (C=O) groups excluding carboxylic acids is 4. The van der Waals surface area contributed by atoms with Crippen LogP contribution < -0.4 is 10.6 Å². The molecule has 3 aliphatic rings. The van der Waals surface area contributed by atoms with Gasteiger partial charge in [0.1, 0.15) is 11.7 Å². The average molecular weight is 513 g/mol. The van der Waals surface area contributed by atoms with Crippen molar-refractivity contribution in [3.8, 4) is 5.75 Å². The van der Waals surface area contributed by atoms with E-state index in [2.05, 4.69) is 10.6 Å². The maximum absolute atomic E-state index is 15.4. The van der Waals surface area contributed by atoms with E-state index in [1.807, 2.05) is 0 Å². The van der Waals surface area contributed by atoms with Gasteiger partial charge < -0.3 is 15.7 Å². The van der Waals surface area contributed by atoms with Crippen LogP contribution in [-0.4, -0.2) is 63.4 Å². The first-order valence-corrected chi connectivity index (χ1v) is 11.9. The van der Waals surface area contributed by atoms with E-state index in [9.17, 15) is 37.5 Å². The summed E-state index contributed by atoms with van der Waals surface area (Å²) in [7, 11) is 0. The van der Waals surface area contributed by atoms with Gasteiger partial charge in [0.2, 0.25) is 0 Å². The highest BCUT2D eigenvalue weighted by atomic mass is 19.3. The average Bonchev–Trinajstić information content (AvgIpc) is 3.51. The highest BCUT2D eigenvalue weighted by molar-refractivity contribution is 6.38. The molecule has 12 heteroatoms. The van der Waals surface area contributed by atoms with E-state index in [0.717, 1.165) is 12.1 Å². The zero-order chi connectivity index (χ0) is 26.3. The van der Waals surface area contributed by atoms with Crippen LogP contribution in [0.2, 0.25) is 0 Å². The molecule has 0 saturated heterocycles. The van der Waals surface area contributed by atoms with E-state index >= 15 is 4.39 Å². The Bertz CT molecular complexity index is 1060. The van der Waals surface area contributed by atoms with Crippen molar-refractivity contribution in [2.75, 3.05) is 0 Å². The van der Waals surface area contributed by atoms with E-state index in [-0.39, 0.29) is 24.4 Å². The SMILES string of the molecule is O=C(NC1CC1)C(=O)N(C(=O)C(CC1(F)CCCC1)NC(=O)c1ccc(O)c(F)c1)C1CC(F)(F)C1. The monoisotopic (exact) mass is 513 g/mol. The third-order valence-electron chi connectivity index (χ3n) is 6.88. The Balaban J connectivity index is 1.60. The Morgan fingerprint density at radius 3 is 2.28 bits per heavy atom. The maximum atomic E-state index is 15.4. The molecule has 1 aromatic carbocycles. The number of rotatable bonds is 7. The lowest BCUT2D eigenvalue weighted by molar-refractivity contribution is -0.170. The summed E-state index contributed by atoms with van der Waals surface area (Å²) in [5, 5.41) is 14.1. The van der Waals surface area contributed by atoms with Gasteiger partial charge in [-0.15, -0.1) is 0 Å². The molecule has 36 heavy (non-hydrogen) atoms. The van der Waals surface area contributed by atoms with Gasteiger partial charge in [-0.1, -0.05) is 12.8 Å². The number of phenolic OH excluding ortho intramolecular Hbond substituents is 1. The molecule has 8 nitrogen and oxygen atoms in total. The molecular formula is C24H27F4N3O5. The molecule has 3 saturated carbocycles. The van der Waals surface area contributed by atoms with Crippen molar-refractivity contribution in [3.63, 3.8) is 0 Å². The maximum Gasteiger partial charge on any atom is 0.318 e. The second-order valence-corrected chi connectivity index (χ2v) is 9.93. The normalized spacial score (nSPS) is 21.2. The van der Waals surface area contributed by atoms with Gasteiger partial charge in [-0.05, 0) is 43.9 Å². The number of hydrogen-bond acceptors (Lipinski definition) is 5. The van der Waals surface area contributed by atoms with Crippen molar-refractivity contribution in [1.82, 2.24) is 15.5 Å². The minimum atomic E-state index is -3.13. The summed E-state index contributed by atoms with van der Waals surface area (Å²) in [4.78, 5) is 52.1. The van der Waals surface area contributed by atoms with Gasteiger partial charge in [0.15, 0.2) is 11.6 Å². The van der Waals surface area contributed by atoms with Gasteiger partial charge in [-0.3, -0.25) is 24.1 Å². The second kappa shape index (κ2) is 9.70. The number of phenols is 1. The fourth-order valence-corrected chi connectivity index (χ4v) is 4.68. The van der Waals surface area contributed by atoms with Gasteiger partial charge in [-0.25, -0.2) is 17.6 Å². The van der Waals surface area contributed by atoms with E-state index in [4.69, 9.17) is 0 Å². The number of aromatic hydroxyl groups is 1. The standard InChI is InChI=1S/C24H27F4N3O5/c25-16-9-13(3-6-18(16)32)19(33)30-17(12-23(26)7-1-2-8-23)21(35)31(15-10-24(27,28)11-15)22(36)20(34)29-14-4-5-14/h3,6,9,14-15,17,32H,1-2,4-5,7-8,10-12H2,(H,29,34)(H,30,33). The Kier molecular flexibility index (Phi) is 6.98. The molecule has 3 fully saturated rings. The Morgan fingerprint density at radius 2 is 1.72 bits per heavy atom. The highest BCUT2D eigenvalue weighted by Crippen LogP contribution is 2.42. The molecule has 1 unspecified atom stereocenters. The van der Waals surface area contributed by atoms with Crippen LogP contribution in [-0.2, 0) is 14.4 Å². The van der Waals surface area contributed by atoms with Crippen LogP contribution in [0.4, 0.5) is 17.6 Å². The summed E-state index contributed by atoms with van der Waals surface area (Å²) in [6, 6.07) is -0.504. The molecule has 196 valence electrons. The van der Waals surface area contributed by atoms with Gasteiger partial charge in [0.25, 0.3) is 17.7 Å². The Labute approximate surface area is 204 Å². The lowest BCUT2D eigenvalue weighted by atomic mass is 9.85. The molecule has 1 aromatic rings. The Morgan fingerprint density at radius 1 is 1.08 bits per heavy atom. The molecule has 0 heterocycles. The van der Waals surface area contributed by atoms with Gasteiger partial charge in [-0.2, -0.15) is 0 Å². The number of nitrogens with zero attached hydrogens (tertiary/aromatic N) is 1. The topological polar surface area (TPSA) is 116 Å². The van der Waals surface area contributed by atoms with Crippen molar-refractivity contribution in [1.29, 1.82) is 0 Å². The van der Waals surface area contributed by atoms with E-state index < -0.39 is 78.1 Å². The minimum Gasteiger partial charge on any atom is -0.505 e. The zero-order valence-electron chi connectivity index (χ0n) is 19.4. The lowest BCUT2D eigenvalue weighted by Gasteiger charge is -2.42. The number of nitrogens with one attached hydrogen (secondary N) is 2. The van der Waals surface area contributed by atoms with Gasteiger partial charge in [0, 0.05) is 30.9 Å². The first-order chi connectivity index (χ1) is 16.9. The molecule has 0 bridgehead atoms. The lowest BCUT2D eigenvalue weighted by Crippen LogP contribution is -2.62. The number of alkyl halides is 3. The Hall–Kier alpha value is -3.18. The molecule has 3 N–H and O–H groups in total.